The summed E-state index contributed by atoms with van der Waals surface area (Å²) in [4.78, 5) is 25.7. The highest BCUT2D eigenvalue weighted by Gasteiger charge is 2.17. The molecule has 0 radical (unpaired) electrons. The number of nitrogens with zero attached hydrogens (tertiary/aromatic N) is 3. The molecule has 0 aliphatic carbocycles. The molecule has 0 spiro atoms. The van der Waals surface area contributed by atoms with Gasteiger partial charge in [-0.2, -0.15) is 5.10 Å². The number of hydrogen-bond acceptors (Lipinski definition) is 4. The summed E-state index contributed by atoms with van der Waals surface area (Å²) in [5, 5.41) is 10.6. The first kappa shape index (κ1) is 20.9. The van der Waals surface area contributed by atoms with E-state index in [9.17, 15) is 9.59 Å². The van der Waals surface area contributed by atoms with E-state index in [-0.39, 0.29) is 24.2 Å². The molecule has 1 aliphatic heterocycles. The largest absolute Gasteiger partial charge is 0.347 e. The highest BCUT2D eigenvalue weighted by atomic mass is 35.5. The fourth-order valence-electron chi connectivity index (χ4n) is 3.02. The number of benzene rings is 1. The molecule has 2 N–H and O–H groups in total. The molecule has 146 valence electrons. The van der Waals surface area contributed by atoms with Crippen LogP contribution < -0.4 is 10.6 Å². The van der Waals surface area contributed by atoms with Crippen LogP contribution in [0.15, 0.2) is 36.5 Å². The Labute approximate surface area is 165 Å². The molecule has 0 bridgehead atoms. The van der Waals surface area contributed by atoms with Crippen LogP contribution >= 0.6 is 12.4 Å². The Bertz CT molecular complexity index is 767. The Hall–Kier alpha value is -2.38. The van der Waals surface area contributed by atoms with Crippen LogP contribution in [0, 0.1) is 0 Å². The maximum Gasteiger partial charge on any atom is 0.272 e. The lowest BCUT2D eigenvalue weighted by atomic mass is 10.1. The quantitative estimate of drug-likeness (QED) is 0.815. The van der Waals surface area contributed by atoms with Gasteiger partial charge in [0.2, 0.25) is 0 Å². The maximum atomic E-state index is 12.3. The molecule has 1 aromatic heterocycles. The van der Waals surface area contributed by atoms with Crippen molar-refractivity contribution >= 4 is 24.2 Å². The number of aromatic nitrogens is 2. The smallest absolute Gasteiger partial charge is 0.272 e. The van der Waals surface area contributed by atoms with Crippen molar-refractivity contribution in [3.63, 3.8) is 0 Å². The first-order valence-electron chi connectivity index (χ1n) is 8.89. The van der Waals surface area contributed by atoms with E-state index in [0.717, 1.165) is 31.5 Å². The molecule has 0 saturated carbocycles. The second-order valence-corrected chi connectivity index (χ2v) is 6.76. The van der Waals surface area contributed by atoms with Crippen LogP contribution in [0.4, 0.5) is 0 Å². The zero-order valence-electron chi connectivity index (χ0n) is 15.6. The minimum atomic E-state index is -0.194. The number of piperidine rings is 1. The lowest BCUT2D eigenvalue weighted by molar-refractivity contribution is 0.0827. The first-order chi connectivity index (χ1) is 12.5. The van der Waals surface area contributed by atoms with Crippen LogP contribution in [0.3, 0.4) is 0 Å². The fraction of sp³-hybridized carbons (Fsp3) is 0.421. The molecule has 1 fully saturated rings. The van der Waals surface area contributed by atoms with Crippen molar-refractivity contribution in [2.24, 2.45) is 0 Å². The third kappa shape index (κ3) is 5.30. The molecule has 8 heteroatoms. The van der Waals surface area contributed by atoms with E-state index < -0.39 is 0 Å². The molecule has 1 saturated heterocycles. The first-order valence-corrected chi connectivity index (χ1v) is 8.89. The third-order valence-corrected chi connectivity index (χ3v) is 4.55. The van der Waals surface area contributed by atoms with Crippen LogP contribution in [0.2, 0.25) is 0 Å². The average molecular weight is 392 g/mol. The summed E-state index contributed by atoms with van der Waals surface area (Å²) in [5.41, 5.74) is 1.99. The minimum Gasteiger partial charge on any atom is -0.347 e. The number of carbonyl (C=O) groups is 2. The van der Waals surface area contributed by atoms with Crippen molar-refractivity contribution in [3.05, 3.63) is 53.3 Å². The van der Waals surface area contributed by atoms with Crippen molar-refractivity contribution in [2.45, 2.75) is 25.4 Å². The third-order valence-electron chi connectivity index (χ3n) is 4.55. The predicted molar refractivity (Wildman–Crippen MR) is 106 cm³/mol. The van der Waals surface area contributed by atoms with Gasteiger partial charge in [0.1, 0.15) is 5.69 Å². The van der Waals surface area contributed by atoms with E-state index in [4.69, 9.17) is 0 Å². The summed E-state index contributed by atoms with van der Waals surface area (Å²) in [7, 11) is 3.44. The minimum absolute atomic E-state index is 0. The number of hydrogen-bond donors (Lipinski definition) is 2. The summed E-state index contributed by atoms with van der Waals surface area (Å²) in [5.74, 6) is -0.232. The van der Waals surface area contributed by atoms with E-state index >= 15 is 0 Å². The van der Waals surface area contributed by atoms with E-state index in [1.165, 1.54) is 4.90 Å². The molecule has 7 nitrogen and oxygen atoms in total. The van der Waals surface area contributed by atoms with Gasteiger partial charge in [-0.3, -0.25) is 14.3 Å². The predicted octanol–water partition coefficient (Wildman–Crippen LogP) is 1.86. The van der Waals surface area contributed by atoms with E-state index in [2.05, 4.69) is 15.7 Å². The zero-order chi connectivity index (χ0) is 18.5. The lowest BCUT2D eigenvalue weighted by Crippen LogP contribution is -2.32. The van der Waals surface area contributed by atoms with Crippen molar-refractivity contribution in [2.75, 3.05) is 27.2 Å². The van der Waals surface area contributed by atoms with Crippen LogP contribution in [-0.2, 0) is 6.54 Å². The van der Waals surface area contributed by atoms with Crippen LogP contribution in [0.5, 0.6) is 0 Å². The molecule has 1 aromatic carbocycles. The summed E-state index contributed by atoms with van der Waals surface area (Å²) in [6.07, 6.45) is 4.07. The second-order valence-electron chi connectivity index (χ2n) is 6.76. The number of carbonyl (C=O) groups excluding carboxylic acids is 2. The molecule has 1 aliphatic rings. The number of halogens is 1. The van der Waals surface area contributed by atoms with Gasteiger partial charge in [-0.05, 0) is 43.1 Å². The highest BCUT2D eigenvalue weighted by molar-refractivity contribution is 5.94. The van der Waals surface area contributed by atoms with Gasteiger partial charge >= 0.3 is 0 Å². The number of rotatable bonds is 5. The van der Waals surface area contributed by atoms with Crippen molar-refractivity contribution in [1.29, 1.82) is 0 Å². The Morgan fingerprint density at radius 2 is 2.00 bits per heavy atom. The Morgan fingerprint density at radius 1 is 1.26 bits per heavy atom. The monoisotopic (exact) mass is 391 g/mol. The second kappa shape index (κ2) is 9.53. The van der Waals surface area contributed by atoms with E-state index in [1.54, 1.807) is 32.3 Å². The van der Waals surface area contributed by atoms with E-state index in [1.807, 2.05) is 23.0 Å². The molecule has 27 heavy (non-hydrogen) atoms. The molecule has 3 rings (SSSR count). The molecule has 2 heterocycles. The average Bonchev–Trinajstić information content (AvgIpc) is 3.17. The standard InChI is InChI=1S/C19H25N5O2.ClH/c1-23(2)19(26)15-7-5-14(6-8-15)12-21-18(25)17-9-11-24(22-17)16-4-3-10-20-13-16;/h5-9,11,16,20H,3-4,10,12-13H2,1-2H3,(H,21,25);1H. The topological polar surface area (TPSA) is 79.3 Å². The SMILES string of the molecule is CN(C)C(=O)c1ccc(CNC(=O)c2ccn(C3CCCNC3)n2)cc1.Cl. The van der Waals surface area contributed by atoms with Gasteiger partial charge in [0.05, 0.1) is 6.04 Å². The summed E-state index contributed by atoms with van der Waals surface area (Å²) < 4.78 is 1.88. The Kier molecular flexibility index (Phi) is 7.38. The van der Waals surface area contributed by atoms with Gasteiger partial charge in [-0.25, -0.2) is 0 Å². The summed E-state index contributed by atoms with van der Waals surface area (Å²) in [6.45, 7) is 2.33. The summed E-state index contributed by atoms with van der Waals surface area (Å²) >= 11 is 0. The van der Waals surface area contributed by atoms with Crippen molar-refractivity contribution < 1.29 is 9.59 Å². The van der Waals surface area contributed by atoms with Gasteiger partial charge in [0.25, 0.3) is 11.8 Å². The van der Waals surface area contributed by atoms with Crippen LogP contribution in [0.25, 0.3) is 0 Å². The molecular weight excluding hydrogens is 366 g/mol. The maximum absolute atomic E-state index is 12.3. The highest BCUT2D eigenvalue weighted by Crippen LogP contribution is 2.15. The van der Waals surface area contributed by atoms with Crippen molar-refractivity contribution in [1.82, 2.24) is 25.3 Å². The molecule has 2 amide bonds. The normalized spacial score (nSPS) is 16.3. The summed E-state index contributed by atoms with van der Waals surface area (Å²) in [6, 6.07) is 9.31. The molecule has 1 unspecified atom stereocenters. The number of nitrogens with one attached hydrogen (secondary N) is 2. The van der Waals surface area contributed by atoms with Gasteiger partial charge in [-0.15, -0.1) is 12.4 Å². The Morgan fingerprint density at radius 3 is 2.63 bits per heavy atom. The van der Waals surface area contributed by atoms with Gasteiger partial charge < -0.3 is 15.5 Å². The fourth-order valence-corrected chi connectivity index (χ4v) is 3.02. The molecule has 1 atom stereocenters. The Balaban J connectivity index is 0.00000261. The van der Waals surface area contributed by atoms with E-state index in [0.29, 0.717) is 23.8 Å². The lowest BCUT2D eigenvalue weighted by Gasteiger charge is -2.22. The van der Waals surface area contributed by atoms with Gasteiger partial charge in [0, 0.05) is 38.9 Å². The van der Waals surface area contributed by atoms with Gasteiger partial charge in [-0.1, -0.05) is 12.1 Å². The van der Waals surface area contributed by atoms with Gasteiger partial charge in [0.15, 0.2) is 0 Å². The molecule has 2 aromatic rings. The van der Waals surface area contributed by atoms with Crippen LogP contribution in [-0.4, -0.2) is 53.7 Å². The van der Waals surface area contributed by atoms with Crippen LogP contribution in [0.1, 0.15) is 45.3 Å². The molecular formula is C19H26ClN5O2. The van der Waals surface area contributed by atoms with Crippen molar-refractivity contribution in [3.8, 4) is 0 Å². The zero-order valence-corrected chi connectivity index (χ0v) is 16.5. The number of amides is 2.